The second kappa shape index (κ2) is 22.4. The van der Waals surface area contributed by atoms with Crippen molar-refractivity contribution < 1.29 is 0 Å². The summed E-state index contributed by atoms with van der Waals surface area (Å²) in [6.07, 6.45) is 1.31. The highest BCUT2D eigenvalue weighted by atomic mass is 13.9. The summed E-state index contributed by atoms with van der Waals surface area (Å²) in [5.41, 5.74) is 0. The van der Waals surface area contributed by atoms with Crippen LogP contribution >= 0.6 is 0 Å². The lowest BCUT2D eigenvalue weighted by Gasteiger charge is -1.90. The zero-order chi connectivity index (χ0) is 9.86. The highest BCUT2D eigenvalue weighted by molar-refractivity contribution is 4.32. The lowest BCUT2D eigenvalue weighted by Crippen LogP contribution is -1.77. The molecule has 0 aliphatic carbocycles. The molecule has 0 unspecified atom stereocenters. The summed E-state index contributed by atoms with van der Waals surface area (Å²) in [6.45, 7) is 17.1. The zero-order valence-electron chi connectivity index (χ0n) is 9.86. The van der Waals surface area contributed by atoms with E-state index >= 15 is 0 Å². The van der Waals surface area contributed by atoms with Gasteiger partial charge in [-0.25, -0.2) is 0 Å². The molecule has 0 heteroatoms. The van der Waals surface area contributed by atoms with E-state index in [-0.39, 0.29) is 7.43 Å². The smallest absolute Gasteiger partial charge is 0.0474 e. The number of hydrogen-bond acceptors (Lipinski definition) is 0. The SMILES string of the molecule is C.CC.CC(C)C.CCC(C)C. The quantitative estimate of drug-likeness (QED) is 0.503. The van der Waals surface area contributed by atoms with Gasteiger partial charge < -0.3 is 0 Å². The van der Waals surface area contributed by atoms with Crippen molar-refractivity contribution in [1.82, 2.24) is 0 Å². The third-order valence-electron chi connectivity index (χ3n) is 0.816. The number of hydrogen-bond donors (Lipinski definition) is 0. The van der Waals surface area contributed by atoms with Crippen LogP contribution in [0.15, 0.2) is 0 Å². The molecule has 0 fully saturated rings. The van der Waals surface area contributed by atoms with Crippen LogP contribution in [0.1, 0.15) is 69.2 Å². The predicted octanol–water partition coefficient (Wildman–Crippen LogP) is 5.38. The van der Waals surface area contributed by atoms with E-state index in [1.165, 1.54) is 6.42 Å². The van der Waals surface area contributed by atoms with Gasteiger partial charge >= 0.3 is 0 Å². The summed E-state index contributed by atoms with van der Waals surface area (Å²) in [6, 6.07) is 0. The van der Waals surface area contributed by atoms with E-state index in [2.05, 4.69) is 41.5 Å². The van der Waals surface area contributed by atoms with Crippen molar-refractivity contribution in [3.05, 3.63) is 0 Å². The normalized spacial score (nSPS) is 7.50. The molecule has 0 nitrogen and oxygen atoms in total. The van der Waals surface area contributed by atoms with E-state index in [0.717, 1.165) is 11.8 Å². The lowest BCUT2D eigenvalue weighted by atomic mass is 10.2. The minimum atomic E-state index is 0. The zero-order valence-corrected chi connectivity index (χ0v) is 9.86. The Labute approximate surface area is 81.8 Å². The largest absolute Gasteiger partial charge is 0.0776 e. The van der Waals surface area contributed by atoms with Crippen molar-refractivity contribution in [2.24, 2.45) is 11.8 Å². The first kappa shape index (κ1) is 22.7. The molecule has 0 saturated carbocycles. The Kier molecular flexibility index (Phi) is 42.4. The van der Waals surface area contributed by atoms with E-state index in [0.29, 0.717) is 0 Å². The first-order valence-corrected chi connectivity index (χ1v) is 5.00. The summed E-state index contributed by atoms with van der Waals surface area (Å²) in [7, 11) is 0. The second-order valence-corrected chi connectivity index (χ2v) is 3.53. The summed E-state index contributed by atoms with van der Waals surface area (Å²) in [5.74, 6) is 1.72. The molecule has 0 amide bonds. The lowest BCUT2D eigenvalue weighted by molar-refractivity contribution is 0.626. The average Bonchev–Trinajstić information content (AvgIpc) is 1.91. The van der Waals surface area contributed by atoms with Gasteiger partial charge in [0, 0.05) is 0 Å². The third-order valence-corrected chi connectivity index (χ3v) is 0.816. The van der Waals surface area contributed by atoms with Crippen molar-refractivity contribution in [2.45, 2.75) is 69.2 Å². The Hall–Kier alpha value is 0. The molecule has 0 aliphatic rings. The first-order chi connectivity index (χ1) is 5.00. The van der Waals surface area contributed by atoms with Crippen LogP contribution in [0, 0.1) is 11.8 Å². The number of rotatable bonds is 1. The second-order valence-electron chi connectivity index (χ2n) is 3.53. The highest BCUT2D eigenvalue weighted by Gasteiger charge is 1.80. The summed E-state index contributed by atoms with van der Waals surface area (Å²) < 4.78 is 0. The Morgan fingerprint density at radius 3 is 0.917 bits per heavy atom. The van der Waals surface area contributed by atoms with Gasteiger partial charge in [0.2, 0.25) is 0 Å². The molecule has 80 valence electrons. The fourth-order valence-corrected chi connectivity index (χ4v) is 0. The van der Waals surface area contributed by atoms with Gasteiger partial charge in [-0.3, -0.25) is 0 Å². The molecular formula is C12H32. The first-order valence-electron chi connectivity index (χ1n) is 5.00. The maximum atomic E-state index is 2.22. The molecule has 12 heavy (non-hydrogen) atoms. The third kappa shape index (κ3) is 202. The van der Waals surface area contributed by atoms with E-state index in [1.807, 2.05) is 13.8 Å². The maximum Gasteiger partial charge on any atom is -0.0474 e. The van der Waals surface area contributed by atoms with Crippen LogP contribution in [0.25, 0.3) is 0 Å². The molecule has 0 rings (SSSR count). The summed E-state index contributed by atoms with van der Waals surface area (Å²) in [5, 5.41) is 0. The van der Waals surface area contributed by atoms with Crippen LogP contribution in [-0.2, 0) is 0 Å². The standard InChI is InChI=1S/C5H12.C4H10.C2H6.CH4/c1-4-5(2)3;1-4(2)3;1-2;/h5H,4H2,1-3H3;4H,1-3H3;1-2H3;1H4. The van der Waals surface area contributed by atoms with Crippen molar-refractivity contribution in [3.8, 4) is 0 Å². The Balaban J connectivity index is -0.0000000419. The van der Waals surface area contributed by atoms with Gasteiger partial charge in [-0.15, -0.1) is 0 Å². The topological polar surface area (TPSA) is 0 Å². The molecule has 0 aromatic heterocycles. The molecule has 0 radical (unpaired) electrons. The van der Waals surface area contributed by atoms with Crippen LogP contribution in [0.5, 0.6) is 0 Å². The molecule has 0 aliphatic heterocycles. The van der Waals surface area contributed by atoms with Crippen LogP contribution < -0.4 is 0 Å². The van der Waals surface area contributed by atoms with Crippen LogP contribution in [0.4, 0.5) is 0 Å². The molecule has 0 atom stereocenters. The Morgan fingerprint density at radius 2 is 0.917 bits per heavy atom. The van der Waals surface area contributed by atoms with Gasteiger partial charge in [-0.1, -0.05) is 69.2 Å². The molecule has 0 saturated heterocycles. The van der Waals surface area contributed by atoms with Gasteiger partial charge in [0.15, 0.2) is 0 Å². The van der Waals surface area contributed by atoms with Crippen molar-refractivity contribution in [1.29, 1.82) is 0 Å². The molecule has 0 aromatic rings. The van der Waals surface area contributed by atoms with Gasteiger partial charge in [0.1, 0.15) is 0 Å². The van der Waals surface area contributed by atoms with Gasteiger partial charge in [0.25, 0.3) is 0 Å². The van der Waals surface area contributed by atoms with Crippen LogP contribution in [0.3, 0.4) is 0 Å². The minimum absolute atomic E-state index is 0. The predicted molar refractivity (Wildman–Crippen MR) is 63.7 cm³/mol. The van der Waals surface area contributed by atoms with E-state index < -0.39 is 0 Å². The van der Waals surface area contributed by atoms with Crippen molar-refractivity contribution >= 4 is 0 Å². The minimum Gasteiger partial charge on any atom is -0.0776 e. The molecule has 0 aromatic carbocycles. The fourth-order valence-electron chi connectivity index (χ4n) is 0. The van der Waals surface area contributed by atoms with Gasteiger partial charge in [0.05, 0.1) is 0 Å². The Morgan fingerprint density at radius 1 is 0.833 bits per heavy atom. The fraction of sp³-hybridized carbons (Fsp3) is 1.00. The van der Waals surface area contributed by atoms with Crippen molar-refractivity contribution in [2.75, 3.05) is 0 Å². The van der Waals surface area contributed by atoms with Gasteiger partial charge in [-0.05, 0) is 11.8 Å². The molecule has 0 bridgehead atoms. The Bertz CT molecular complexity index is 32.5. The summed E-state index contributed by atoms with van der Waals surface area (Å²) in [4.78, 5) is 0. The average molecular weight is 176 g/mol. The van der Waals surface area contributed by atoms with Crippen LogP contribution in [-0.4, -0.2) is 0 Å². The monoisotopic (exact) mass is 176 g/mol. The molecule has 0 spiro atoms. The molecule has 0 heterocycles. The summed E-state index contributed by atoms with van der Waals surface area (Å²) >= 11 is 0. The highest BCUT2D eigenvalue weighted by Crippen LogP contribution is 1.93. The van der Waals surface area contributed by atoms with E-state index in [1.54, 1.807) is 0 Å². The maximum absolute atomic E-state index is 2.22. The molecule has 0 N–H and O–H groups in total. The molecular weight excluding hydrogens is 144 g/mol. The van der Waals surface area contributed by atoms with E-state index in [4.69, 9.17) is 0 Å². The van der Waals surface area contributed by atoms with Crippen molar-refractivity contribution in [3.63, 3.8) is 0 Å². The van der Waals surface area contributed by atoms with Gasteiger partial charge in [-0.2, -0.15) is 0 Å². The van der Waals surface area contributed by atoms with E-state index in [9.17, 15) is 0 Å². The van der Waals surface area contributed by atoms with Crippen LogP contribution in [0.2, 0.25) is 0 Å².